The lowest BCUT2D eigenvalue weighted by atomic mass is 10.2. The van der Waals surface area contributed by atoms with Crippen molar-refractivity contribution in [3.05, 3.63) is 0 Å². The van der Waals surface area contributed by atoms with Gasteiger partial charge >= 0.3 is 0 Å². The second kappa shape index (κ2) is 4.39. The van der Waals surface area contributed by atoms with E-state index < -0.39 is 6.10 Å². The number of alkyl halides is 1. The first-order chi connectivity index (χ1) is 6.07. The van der Waals surface area contributed by atoms with Crippen LogP contribution in [0, 0.1) is 0 Å². The van der Waals surface area contributed by atoms with Crippen molar-refractivity contribution in [3.63, 3.8) is 0 Å². The first kappa shape index (κ1) is 10.9. The summed E-state index contributed by atoms with van der Waals surface area (Å²) in [4.78, 5) is 12.9. The number of aliphatic hydroxyl groups is 2. The Hall–Kier alpha value is -0.130. The molecule has 76 valence electrons. The third-order valence-corrected chi connectivity index (χ3v) is 3.26. The molecule has 0 aromatic rings. The van der Waals surface area contributed by atoms with Crippen LogP contribution in [-0.2, 0) is 4.79 Å². The molecule has 1 heterocycles. The van der Waals surface area contributed by atoms with Crippen molar-refractivity contribution in [1.29, 1.82) is 0 Å². The second-order valence-electron chi connectivity index (χ2n) is 3.28. The normalized spacial score (nSPS) is 27.8. The molecule has 0 aromatic heterocycles. The van der Waals surface area contributed by atoms with Gasteiger partial charge in [-0.25, -0.2) is 0 Å². The van der Waals surface area contributed by atoms with Crippen molar-refractivity contribution in [1.82, 2.24) is 4.90 Å². The Kier molecular flexibility index (Phi) is 3.70. The van der Waals surface area contributed by atoms with Gasteiger partial charge in [-0.2, -0.15) is 0 Å². The van der Waals surface area contributed by atoms with E-state index in [4.69, 9.17) is 5.11 Å². The third-order valence-electron chi connectivity index (χ3n) is 2.41. The number of carbonyl (C=O) groups excluding carboxylic acids is 1. The molecule has 0 saturated carbocycles. The van der Waals surface area contributed by atoms with Gasteiger partial charge in [-0.3, -0.25) is 4.79 Å². The number of amides is 1. The van der Waals surface area contributed by atoms with Crippen molar-refractivity contribution < 1.29 is 15.0 Å². The number of carbonyl (C=O) groups is 1. The highest BCUT2D eigenvalue weighted by molar-refractivity contribution is 9.10. The van der Waals surface area contributed by atoms with Gasteiger partial charge in [-0.15, -0.1) is 0 Å². The fourth-order valence-electron chi connectivity index (χ4n) is 1.43. The SMILES string of the molecule is CC(C(O)CO)N1CCC(Br)C1=O. The van der Waals surface area contributed by atoms with E-state index in [9.17, 15) is 9.90 Å². The van der Waals surface area contributed by atoms with Crippen molar-refractivity contribution in [2.75, 3.05) is 13.2 Å². The Balaban J connectivity index is 2.57. The van der Waals surface area contributed by atoms with Crippen LogP contribution < -0.4 is 0 Å². The lowest BCUT2D eigenvalue weighted by Crippen LogP contribution is -2.44. The Bertz CT molecular complexity index is 200. The molecule has 1 amide bonds. The van der Waals surface area contributed by atoms with Gasteiger partial charge in [0.15, 0.2) is 0 Å². The fourth-order valence-corrected chi connectivity index (χ4v) is 1.90. The molecular weight excluding hydrogens is 238 g/mol. The maximum atomic E-state index is 11.5. The van der Waals surface area contributed by atoms with Crippen LogP contribution in [0.15, 0.2) is 0 Å². The molecular formula is C8H14BrNO3. The van der Waals surface area contributed by atoms with E-state index in [0.29, 0.717) is 6.54 Å². The summed E-state index contributed by atoms with van der Waals surface area (Å²) in [5, 5.41) is 18.0. The molecule has 0 radical (unpaired) electrons. The van der Waals surface area contributed by atoms with E-state index in [2.05, 4.69) is 15.9 Å². The van der Waals surface area contributed by atoms with Gasteiger partial charge < -0.3 is 15.1 Å². The molecule has 1 aliphatic rings. The lowest BCUT2D eigenvalue weighted by Gasteiger charge is -2.27. The van der Waals surface area contributed by atoms with E-state index in [0.717, 1.165) is 6.42 Å². The quantitative estimate of drug-likeness (QED) is 0.679. The zero-order valence-corrected chi connectivity index (χ0v) is 9.07. The number of rotatable bonds is 3. The minimum atomic E-state index is -0.846. The van der Waals surface area contributed by atoms with E-state index in [1.165, 1.54) is 0 Å². The van der Waals surface area contributed by atoms with Gasteiger partial charge in [0.2, 0.25) is 5.91 Å². The van der Waals surface area contributed by atoms with Crippen LogP contribution in [0.1, 0.15) is 13.3 Å². The van der Waals surface area contributed by atoms with Crippen LogP contribution in [0.25, 0.3) is 0 Å². The summed E-state index contributed by atoms with van der Waals surface area (Å²) in [7, 11) is 0. The van der Waals surface area contributed by atoms with Crippen LogP contribution in [0.4, 0.5) is 0 Å². The molecule has 5 heteroatoms. The van der Waals surface area contributed by atoms with E-state index in [1.807, 2.05) is 0 Å². The molecule has 3 atom stereocenters. The molecule has 0 aromatic carbocycles. The van der Waals surface area contributed by atoms with Gasteiger partial charge in [0.05, 0.1) is 23.6 Å². The van der Waals surface area contributed by atoms with Crippen molar-refractivity contribution in [2.24, 2.45) is 0 Å². The predicted molar refractivity (Wildman–Crippen MR) is 51.6 cm³/mol. The monoisotopic (exact) mass is 251 g/mol. The molecule has 1 aliphatic heterocycles. The van der Waals surface area contributed by atoms with Crippen molar-refractivity contribution in [2.45, 2.75) is 30.3 Å². The maximum Gasteiger partial charge on any atom is 0.236 e. The number of nitrogens with zero attached hydrogens (tertiary/aromatic N) is 1. The lowest BCUT2D eigenvalue weighted by molar-refractivity contribution is -0.131. The average molecular weight is 252 g/mol. The average Bonchev–Trinajstić information content (AvgIpc) is 2.45. The summed E-state index contributed by atoms with van der Waals surface area (Å²) in [5.41, 5.74) is 0. The highest BCUT2D eigenvalue weighted by Crippen LogP contribution is 2.21. The van der Waals surface area contributed by atoms with E-state index in [-0.39, 0.29) is 23.4 Å². The number of hydrogen-bond acceptors (Lipinski definition) is 3. The first-order valence-electron chi connectivity index (χ1n) is 4.31. The molecule has 0 spiro atoms. The van der Waals surface area contributed by atoms with Crippen molar-refractivity contribution in [3.8, 4) is 0 Å². The smallest absolute Gasteiger partial charge is 0.236 e. The van der Waals surface area contributed by atoms with Crippen LogP contribution in [-0.4, -0.2) is 51.1 Å². The summed E-state index contributed by atoms with van der Waals surface area (Å²) < 4.78 is 0. The van der Waals surface area contributed by atoms with Gasteiger partial charge in [0.1, 0.15) is 0 Å². The summed E-state index contributed by atoms with van der Waals surface area (Å²) in [6, 6.07) is -0.306. The van der Waals surface area contributed by atoms with Gasteiger partial charge in [-0.1, -0.05) is 15.9 Å². The summed E-state index contributed by atoms with van der Waals surface area (Å²) in [6.45, 7) is 2.08. The number of aliphatic hydroxyl groups excluding tert-OH is 2. The Morgan fingerprint density at radius 1 is 1.77 bits per heavy atom. The van der Waals surface area contributed by atoms with Gasteiger partial charge in [0, 0.05) is 6.54 Å². The third kappa shape index (κ3) is 2.21. The number of hydrogen-bond donors (Lipinski definition) is 2. The minimum Gasteiger partial charge on any atom is -0.394 e. The standard InChI is InChI=1S/C8H14BrNO3/c1-5(7(12)4-11)10-3-2-6(9)8(10)13/h5-7,11-12H,2-4H2,1H3. The fraction of sp³-hybridized carbons (Fsp3) is 0.875. The van der Waals surface area contributed by atoms with Crippen LogP contribution >= 0.6 is 15.9 Å². The molecule has 0 aliphatic carbocycles. The second-order valence-corrected chi connectivity index (χ2v) is 4.38. The van der Waals surface area contributed by atoms with Crippen LogP contribution in [0.2, 0.25) is 0 Å². The number of likely N-dealkylation sites (tertiary alicyclic amines) is 1. The molecule has 1 fully saturated rings. The van der Waals surface area contributed by atoms with Crippen LogP contribution in [0.3, 0.4) is 0 Å². The van der Waals surface area contributed by atoms with E-state index >= 15 is 0 Å². The van der Waals surface area contributed by atoms with Crippen LogP contribution in [0.5, 0.6) is 0 Å². The minimum absolute atomic E-state index is 0.000000000000000222. The Morgan fingerprint density at radius 2 is 2.38 bits per heavy atom. The first-order valence-corrected chi connectivity index (χ1v) is 5.23. The topological polar surface area (TPSA) is 60.8 Å². The summed E-state index contributed by atoms with van der Waals surface area (Å²) in [5.74, 6) is 0.000000000000000222. The molecule has 4 nitrogen and oxygen atoms in total. The highest BCUT2D eigenvalue weighted by atomic mass is 79.9. The number of halogens is 1. The molecule has 1 rings (SSSR count). The van der Waals surface area contributed by atoms with Gasteiger partial charge in [-0.05, 0) is 13.3 Å². The van der Waals surface area contributed by atoms with E-state index in [1.54, 1.807) is 11.8 Å². The maximum absolute atomic E-state index is 11.5. The molecule has 1 saturated heterocycles. The highest BCUT2D eigenvalue weighted by Gasteiger charge is 2.34. The zero-order chi connectivity index (χ0) is 10.0. The Labute approximate surface area is 85.7 Å². The van der Waals surface area contributed by atoms with Gasteiger partial charge in [0.25, 0.3) is 0 Å². The zero-order valence-electron chi connectivity index (χ0n) is 7.48. The Morgan fingerprint density at radius 3 is 2.77 bits per heavy atom. The molecule has 3 unspecified atom stereocenters. The molecule has 0 bridgehead atoms. The molecule has 13 heavy (non-hydrogen) atoms. The van der Waals surface area contributed by atoms with Crippen molar-refractivity contribution >= 4 is 21.8 Å². The largest absolute Gasteiger partial charge is 0.394 e. The summed E-state index contributed by atoms with van der Waals surface area (Å²) in [6.07, 6.45) is -0.0804. The predicted octanol–water partition coefficient (Wildman–Crippen LogP) is -0.276. The summed E-state index contributed by atoms with van der Waals surface area (Å²) >= 11 is 3.25. The molecule has 2 N–H and O–H groups in total.